The zero-order chi connectivity index (χ0) is 9.94. The van der Waals surface area contributed by atoms with Crippen molar-refractivity contribution >= 4 is 0 Å². The number of methoxy groups -OCH3 is 1. The third-order valence-corrected chi connectivity index (χ3v) is 2.28. The van der Waals surface area contributed by atoms with Crippen LogP contribution in [-0.2, 0) is 4.74 Å². The van der Waals surface area contributed by atoms with E-state index < -0.39 is 0 Å². The minimum atomic E-state index is 0.915. The van der Waals surface area contributed by atoms with E-state index in [0.29, 0.717) is 0 Å². The first-order valence-electron chi connectivity index (χ1n) is 5.48. The molecule has 0 saturated heterocycles. The van der Waals surface area contributed by atoms with Gasteiger partial charge in [0.15, 0.2) is 0 Å². The molecule has 2 nitrogen and oxygen atoms in total. The fourth-order valence-electron chi connectivity index (χ4n) is 1.34. The average Bonchev–Trinajstić information content (AvgIpc) is 2.14. The predicted octanol–water partition coefficient (Wildman–Crippen LogP) is 2.54. The third-order valence-electron chi connectivity index (χ3n) is 2.28. The molecule has 0 fully saturated rings. The second-order valence-corrected chi connectivity index (χ2v) is 3.71. The van der Waals surface area contributed by atoms with Crippen LogP contribution in [0.4, 0.5) is 0 Å². The van der Waals surface area contributed by atoms with Gasteiger partial charge in [-0.15, -0.1) is 0 Å². The highest BCUT2D eigenvalue weighted by molar-refractivity contribution is 4.51. The number of unbranched alkanes of at least 4 members (excludes halogenated alkanes) is 3. The summed E-state index contributed by atoms with van der Waals surface area (Å²) in [6.07, 6.45) is 6.44. The molecule has 0 aromatic rings. The van der Waals surface area contributed by atoms with Crippen molar-refractivity contribution in [3.05, 3.63) is 0 Å². The molecule has 0 heterocycles. The summed E-state index contributed by atoms with van der Waals surface area (Å²) in [7, 11) is 3.99. The number of hydrogen-bond acceptors (Lipinski definition) is 2. The molecular formula is C11H25NO. The van der Waals surface area contributed by atoms with Gasteiger partial charge in [0.2, 0.25) is 0 Å². The topological polar surface area (TPSA) is 12.5 Å². The molecule has 0 unspecified atom stereocenters. The van der Waals surface area contributed by atoms with Crippen molar-refractivity contribution < 1.29 is 4.74 Å². The maximum Gasteiger partial charge on any atom is 0.0462 e. The van der Waals surface area contributed by atoms with Gasteiger partial charge in [-0.3, -0.25) is 0 Å². The SMILES string of the molecule is CCCCN(C)CCCCCOC. The van der Waals surface area contributed by atoms with Gasteiger partial charge in [-0.25, -0.2) is 0 Å². The molecule has 0 rings (SSSR count). The molecule has 0 aliphatic rings. The van der Waals surface area contributed by atoms with E-state index >= 15 is 0 Å². The van der Waals surface area contributed by atoms with Gasteiger partial charge in [-0.2, -0.15) is 0 Å². The summed E-state index contributed by atoms with van der Waals surface area (Å²) in [6.45, 7) is 5.65. The lowest BCUT2D eigenvalue weighted by Gasteiger charge is -2.15. The summed E-state index contributed by atoms with van der Waals surface area (Å²) in [6, 6.07) is 0. The molecule has 0 aromatic carbocycles. The number of rotatable bonds is 9. The molecule has 2 heteroatoms. The van der Waals surface area contributed by atoms with Crippen LogP contribution in [0.3, 0.4) is 0 Å². The van der Waals surface area contributed by atoms with Crippen molar-refractivity contribution in [3.8, 4) is 0 Å². The van der Waals surface area contributed by atoms with E-state index in [4.69, 9.17) is 4.74 Å². The highest BCUT2D eigenvalue weighted by atomic mass is 16.5. The van der Waals surface area contributed by atoms with E-state index in [1.807, 2.05) is 0 Å². The van der Waals surface area contributed by atoms with Gasteiger partial charge >= 0.3 is 0 Å². The zero-order valence-corrected chi connectivity index (χ0v) is 9.51. The maximum atomic E-state index is 5.00. The van der Waals surface area contributed by atoms with Crippen LogP contribution in [0.5, 0.6) is 0 Å². The predicted molar refractivity (Wildman–Crippen MR) is 58.1 cm³/mol. The van der Waals surface area contributed by atoms with Gasteiger partial charge in [0.1, 0.15) is 0 Å². The van der Waals surface area contributed by atoms with Crippen LogP contribution >= 0.6 is 0 Å². The second-order valence-electron chi connectivity index (χ2n) is 3.71. The van der Waals surface area contributed by atoms with Crippen molar-refractivity contribution in [3.63, 3.8) is 0 Å². The minimum Gasteiger partial charge on any atom is -0.385 e. The number of ether oxygens (including phenoxy) is 1. The standard InChI is InChI=1S/C11H25NO/c1-4-5-9-12(2)10-7-6-8-11-13-3/h4-11H2,1-3H3. The first-order chi connectivity index (χ1) is 6.31. The van der Waals surface area contributed by atoms with E-state index in [1.54, 1.807) is 7.11 Å². The van der Waals surface area contributed by atoms with Crippen molar-refractivity contribution in [2.75, 3.05) is 33.9 Å². The van der Waals surface area contributed by atoms with Crippen molar-refractivity contribution in [1.82, 2.24) is 4.90 Å². The summed E-state index contributed by atoms with van der Waals surface area (Å²) in [5.74, 6) is 0. The van der Waals surface area contributed by atoms with Crippen molar-refractivity contribution in [2.24, 2.45) is 0 Å². The summed E-state index contributed by atoms with van der Waals surface area (Å²) in [5.41, 5.74) is 0. The second kappa shape index (κ2) is 10.0. The van der Waals surface area contributed by atoms with Crippen molar-refractivity contribution in [2.45, 2.75) is 39.0 Å². The Kier molecular flexibility index (Phi) is 9.94. The molecule has 0 radical (unpaired) electrons. The highest BCUT2D eigenvalue weighted by Crippen LogP contribution is 1.99. The lowest BCUT2D eigenvalue weighted by atomic mass is 10.2. The molecule has 0 aliphatic heterocycles. The Morgan fingerprint density at radius 2 is 1.69 bits per heavy atom. The van der Waals surface area contributed by atoms with E-state index in [0.717, 1.165) is 6.61 Å². The number of hydrogen-bond donors (Lipinski definition) is 0. The van der Waals surface area contributed by atoms with Gasteiger partial charge in [-0.1, -0.05) is 13.3 Å². The van der Waals surface area contributed by atoms with E-state index in [-0.39, 0.29) is 0 Å². The van der Waals surface area contributed by atoms with Gasteiger partial charge in [0, 0.05) is 13.7 Å². The van der Waals surface area contributed by atoms with Crippen LogP contribution in [0, 0.1) is 0 Å². The summed E-state index contributed by atoms with van der Waals surface area (Å²) in [4.78, 5) is 2.43. The Morgan fingerprint density at radius 1 is 1.00 bits per heavy atom. The Morgan fingerprint density at radius 3 is 2.31 bits per heavy atom. The van der Waals surface area contributed by atoms with Crippen LogP contribution < -0.4 is 0 Å². The Hall–Kier alpha value is -0.0800. The van der Waals surface area contributed by atoms with Gasteiger partial charge < -0.3 is 9.64 Å². The monoisotopic (exact) mass is 187 g/mol. The molecule has 0 aromatic heterocycles. The zero-order valence-electron chi connectivity index (χ0n) is 9.51. The summed E-state index contributed by atoms with van der Waals surface area (Å²) < 4.78 is 5.00. The quantitative estimate of drug-likeness (QED) is 0.514. The van der Waals surface area contributed by atoms with Gasteiger partial charge in [-0.05, 0) is 45.8 Å². The van der Waals surface area contributed by atoms with Crippen LogP contribution in [0.2, 0.25) is 0 Å². The highest BCUT2D eigenvalue weighted by Gasteiger charge is 1.96. The Bertz CT molecular complexity index is 96.1. The number of nitrogens with zero attached hydrogens (tertiary/aromatic N) is 1. The molecule has 0 atom stereocenters. The molecule has 13 heavy (non-hydrogen) atoms. The van der Waals surface area contributed by atoms with Crippen molar-refractivity contribution in [1.29, 1.82) is 0 Å². The average molecular weight is 187 g/mol. The van der Waals surface area contributed by atoms with E-state index in [1.165, 1.54) is 45.2 Å². The molecular weight excluding hydrogens is 162 g/mol. The Balaban J connectivity index is 3.03. The summed E-state index contributed by atoms with van der Waals surface area (Å²) in [5, 5.41) is 0. The molecule has 0 saturated carbocycles. The van der Waals surface area contributed by atoms with Crippen LogP contribution in [-0.4, -0.2) is 38.8 Å². The summed E-state index contributed by atoms with van der Waals surface area (Å²) >= 11 is 0. The fourth-order valence-corrected chi connectivity index (χ4v) is 1.34. The van der Waals surface area contributed by atoms with Gasteiger partial charge in [0.25, 0.3) is 0 Å². The largest absolute Gasteiger partial charge is 0.385 e. The molecule has 0 bridgehead atoms. The third kappa shape index (κ3) is 9.84. The smallest absolute Gasteiger partial charge is 0.0462 e. The molecule has 0 amide bonds. The molecule has 0 N–H and O–H groups in total. The molecule has 0 spiro atoms. The molecule has 80 valence electrons. The van der Waals surface area contributed by atoms with Crippen LogP contribution in [0.15, 0.2) is 0 Å². The normalized spacial score (nSPS) is 11.1. The first-order valence-corrected chi connectivity index (χ1v) is 5.48. The fraction of sp³-hybridized carbons (Fsp3) is 1.00. The minimum absolute atomic E-state index is 0.915. The van der Waals surface area contributed by atoms with Gasteiger partial charge in [0.05, 0.1) is 0 Å². The molecule has 0 aliphatic carbocycles. The Labute approximate surface area is 83.3 Å². The van der Waals surface area contributed by atoms with E-state index in [9.17, 15) is 0 Å². The van der Waals surface area contributed by atoms with Crippen LogP contribution in [0.25, 0.3) is 0 Å². The first kappa shape index (κ1) is 12.9. The lowest BCUT2D eigenvalue weighted by molar-refractivity contribution is 0.190. The lowest BCUT2D eigenvalue weighted by Crippen LogP contribution is -2.20. The van der Waals surface area contributed by atoms with Crippen LogP contribution in [0.1, 0.15) is 39.0 Å². The maximum absolute atomic E-state index is 5.00. The van der Waals surface area contributed by atoms with E-state index in [2.05, 4.69) is 18.9 Å².